The van der Waals surface area contributed by atoms with Crippen molar-refractivity contribution in [2.45, 2.75) is 24.8 Å². The number of hydrogen-bond donors (Lipinski definition) is 1. The Morgan fingerprint density at radius 1 is 1.31 bits per heavy atom. The SMILES string of the molecule is COC(=O)C1=C(CSc2nc(C)cc(C)c2C#N)OC(N)=C(C#N)C1c1ccccc1Cl. The number of carbonyl (C=O) groups is 1. The number of hydrogen-bond acceptors (Lipinski definition) is 8. The van der Waals surface area contributed by atoms with Gasteiger partial charge < -0.3 is 15.2 Å². The third kappa shape index (κ3) is 4.43. The minimum absolute atomic E-state index is 0.0643. The summed E-state index contributed by atoms with van der Waals surface area (Å²) >= 11 is 7.63. The molecule has 1 aromatic heterocycles. The van der Waals surface area contributed by atoms with Crippen molar-refractivity contribution in [3.63, 3.8) is 0 Å². The molecule has 2 aromatic rings. The van der Waals surface area contributed by atoms with Gasteiger partial charge in [0.15, 0.2) is 0 Å². The summed E-state index contributed by atoms with van der Waals surface area (Å²) in [6, 6.07) is 12.9. The van der Waals surface area contributed by atoms with Crippen molar-refractivity contribution in [1.29, 1.82) is 10.5 Å². The van der Waals surface area contributed by atoms with Crippen LogP contribution in [0.15, 0.2) is 58.1 Å². The number of thioether (sulfide) groups is 1. The van der Waals surface area contributed by atoms with Gasteiger partial charge in [0.2, 0.25) is 5.88 Å². The number of aromatic nitrogens is 1. The Morgan fingerprint density at radius 3 is 2.66 bits per heavy atom. The summed E-state index contributed by atoms with van der Waals surface area (Å²) in [7, 11) is 1.25. The normalized spacial score (nSPS) is 15.6. The van der Waals surface area contributed by atoms with Crippen molar-refractivity contribution < 1.29 is 14.3 Å². The Balaban J connectivity index is 2.13. The van der Waals surface area contributed by atoms with Gasteiger partial charge in [-0.3, -0.25) is 0 Å². The number of aryl methyl sites for hydroxylation is 2. The summed E-state index contributed by atoms with van der Waals surface area (Å²) in [5, 5.41) is 20.2. The molecule has 32 heavy (non-hydrogen) atoms. The number of methoxy groups -OCH3 is 1. The predicted octanol–water partition coefficient (Wildman–Crippen LogP) is 4.25. The van der Waals surface area contributed by atoms with Gasteiger partial charge in [0.25, 0.3) is 0 Å². The van der Waals surface area contributed by atoms with Crippen molar-refractivity contribution >= 4 is 29.3 Å². The van der Waals surface area contributed by atoms with E-state index in [4.69, 9.17) is 26.8 Å². The van der Waals surface area contributed by atoms with Gasteiger partial charge in [-0.05, 0) is 37.1 Å². The molecule has 0 fully saturated rings. The lowest BCUT2D eigenvalue weighted by Gasteiger charge is -2.28. The Labute approximate surface area is 195 Å². The Morgan fingerprint density at radius 2 is 2.03 bits per heavy atom. The summed E-state index contributed by atoms with van der Waals surface area (Å²) < 4.78 is 10.7. The predicted molar refractivity (Wildman–Crippen MR) is 120 cm³/mol. The van der Waals surface area contributed by atoms with E-state index in [9.17, 15) is 15.3 Å². The highest BCUT2D eigenvalue weighted by atomic mass is 35.5. The van der Waals surface area contributed by atoms with Gasteiger partial charge in [-0.25, -0.2) is 9.78 Å². The van der Waals surface area contributed by atoms with E-state index in [-0.39, 0.29) is 28.5 Å². The lowest BCUT2D eigenvalue weighted by Crippen LogP contribution is -2.26. The largest absolute Gasteiger partial charge is 0.466 e. The Kier molecular flexibility index (Phi) is 7.09. The number of carbonyl (C=O) groups excluding carboxylic acids is 1. The second-order valence-corrected chi connectivity index (χ2v) is 8.31. The smallest absolute Gasteiger partial charge is 0.338 e. The first kappa shape index (κ1) is 23.2. The molecular weight excluding hydrogens is 448 g/mol. The molecule has 0 bridgehead atoms. The zero-order valence-corrected chi connectivity index (χ0v) is 19.2. The molecule has 1 aromatic carbocycles. The highest BCUT2D eigenvalue weighted by Gasteiger charge is 2.38. The number of ether oxygens (including phenoxy) is 2. The minimum Gasteiger partial charge on any atom is -0.466 e. The van der Waals surface area contributed by atoms with Crippen LogP contribution in [-0.2, 0) is 14.3 Å². The quantitative estimate of drug-likeness (QED) is 0.512. The van der Waals surface area contributed by atoms with Crippen molar-refractivity contribution in [3.05, 3.63) is 80.5 Å². The van der Waals surface area contributed by atoms with Gasteiger partial charge in [-0.2, -0.15) is 10.5 Å². The van der Waals surface area contributed by atoms with Gasteiger partial charge in [-0.1, -0.05) is 41.6 Å². The summed E-state index contributed by atoms with van der Waals surface area (Å²) in [5.74, 6) is -1.29. The van der Waals surface area contributed by atoms with E-state index in [1.165, 1.54) is 18.9 Å². The molecule has 162 valence electrons. The Hall–Kier alpha value is -3.46. The molecule has 0 radical (unpaired) electrons. The lowest BCUT2D eigenvalue weighted by atomic mass is 9.83. The average Bonchev–Trinajstić information content (AvgIpc) is 2.76. The van der Waals surface area contributed by atoms with Crippen LogP contribution in [0.3, 0.4) is 0 Å². The molecule has 9 heteroatoms. The van der Waals surface area contributed by atoms with Crippen LogP contribution < -0.4 is 5.73 Å². The van der Waals surface area contributed by atoms with Crippen LogP contribution in [-0.4, -0.2) is 23.8 Å². The number of rotatable bonds is 5. The third-order valence-corrected chi connectivity index (χ3v) is 6.20. The highest BCUT2D eigenvalue weighted by molar-refractivity contribution is 7.99. The van der Waals surface area contributed by atoms with Crippen molar-refractivity contribution in [2.24, 2.45) is 5.73 Å². The van der Waals surface area contributed by atoms with Gasteiger partial charge in [0.1, 0.15) is 28.5 Å². The van der Waals surface area contributed by atoms with Crippen LogP contribution in [0.5, 0.6) is 0 Å². The van der Waals surface area contributed by atoms with Gasteiger partial charge in [0.05, 0.1) is 29.9 Å². The second kappa shape index (κ2) is 9.78. The minimum atomic E-state index is -0.854. The summed E-state index contributed by atoms with van der Waals surface area (Å²) in [4.78, 5) is 17.3. The van der Waals surface area contributed by atoms with E-state index in [1.54, 1.807) is 24.3 Å². The molecule has 0 aliphatic carbocycles. The molecule has 0 spiro atoms. The summed E-state index contributed by atoms with van der Waals surface area (Å²) in [6.07, 6.45) is 0. The molecule has 1 aliphatic heterocycles. The number of allylic oxidation sites excluding steroid dienone is 1. The maximum absolute atomic E-state index is 12.8. The maximum atomic E-state index is 12.8. The molecule has 1 unspecified atom stereocenters. The molecule has 0 amide bonds. The summed E-state index contributed by atoms with van der Waals surface area (Å²) in [5.41, 5.74) is 8.79. The number of esters is 1. The monoisotopic (exact) mass is 466 g/mol. The standard InChI is InChI=1S/C23H19ClN4O3S/c1-12-8-13(2)28-22(15(12)9-25)32-11-18-20(23(29)30-3)19(16(10-26)21(27)31-18)14-6-4-5-7-17(14)24/h4-8,19H,11,27H2,1-3H3. The molecular formula is C23H19ClN4O3S. The van der Waals surface area contributed by atoms with E-state index in [0.29, 0.717) is 21.2 Å². The van der Waals surface area contributed by atoms with E-state index in [0.717, 1.165) is 11.3 Å². The Bertz CT molecular complexity index is 1240. The fraction of sp³-hybridized carbons (Fsp3) is 0.217. The van der Waals surface area contributed by atoms with Crippen LogP contribution in [0.4, 0.5) is 0 Å². The highest BCUT2D eigenvalue weighted by Crippen LogP contribution is 2.43. The number of pyridine rings is 1. The van der Waals surface area contributed by atoms with Crippen molar-refractivity contribution in [3.8, 4) is 12.1 Å². The maximum Gasteiger partial charge on any atom is 0.338 e. The number of nitrogens with two attached hydrogens (primary N) is 1. The van der Waals surface area contributed by atoms with Gasteiger partial charge >= 0.3 is 5.97 Å². The molecule has 0 saturated heterocycles. The lowest BCUT2D eigenvalue weighted by molar-refractivity contribution is -0.136. The molecule has 2 N–H and O–H groups in total. The fourth-order valence-electron chi connectivity index (χ4n) is 3.46. The molecule has 1 aliphatic rings. The molecule has 7 nitrogen and oxygen atoms in total. The van der Waals surface area contributed by atoms with Crippen LogP contribution >= 0.6 is 23.4 Å². The number of halogens is 1. The first-order valence-electron chi connectivity index (χ1n) is 9.46. The zero-order valence-electron chi connectivity index (χ0n) is 17.6. The zero-order chi connectivity index (χ0) is 23.4. The van der Waals surface area contributed by atoms with Gasteiger partial charge in [0, 0.05) is 10.7 Å². The molecule has 0 saturated carbocycles. The van der Waals surface area contributed by atoms with Crippen LogP contribution in [0, 0.1) is 36.5 Å². The van der Waals surface area contributed by atoms with E-state index < -0.39 is 11.9 Å². The summed E-state index contributed by atoms with van der Waals surface area (Å²) in [6.45, 7) is 3.67. The van der Waals surface area contributed by atoms with Crippen molar-refractivity contribution in [1.82, 2.24) is 4.98 Å². The average molecular weight is 467 g/mol. The molecule has 1 atom stereocenters. The molecule has 3 rings (SSSR count). The molecule has 2 heterocycles. The van der Waals surface area contributed by atoms with Gasteiger partial charge in [-0.15, -0.1) is 0 Å². The van der Waals surface area contributed by atoms with E-state index in [2.05, 4.69) is 11.1 Å². The van der Waals surface area contributed by atoms with Crippen LogP contribution in [0.2, 0.25) is 5.02 Å². The van der Waals surface area contributed by atoms with E-state index >= 15 is 0 Å². The van der Waals surface area contributed by atoms with Crippen LogP contribution in [0.25, 0.3) is 0 Å². The number of nitriles is 2. The van der Waals surface area contributed by atoms with Crippen LogP contribution in [0.1, 0.15) is 28.3 Å². The van der Waals surface area contributed by atoms with E-state index in [1.807, 2.05) is 26.0 Å². The topological polar surface area (TPSA) is 122 Å². The fourth-order valence-corrected chi connectivity index (χ4v) is 4.74. The van der Waals surface area contributed by atoms with Crippen molar-refractivity contribution in [2.75, 3.05) is 12.9 Å². The number of benzene rings is 1. The third-order valence-electron chi connectivity index (χ3n) is 4.88. The first-order chi connectivity index (χ1) is 15.3. The number of nitrogens with zero attached hydrogens (tertiary/aromatic N) is 3. The second-order valence-electron chi connectivity index (χ2n) is 6.94. The first-order valence-corrected chi connectivity index (χ1v) is 10.8.